The van der Waals surface area contributed by atoms with Crippen molar-refractivity contribution >= 4 is 17.2 Å². The Morgan fingerprint density at radius 1 is 1.50 bits per heavy atom. The third-order valence-corrected chi connectivity index (χ3v) is 3.75. The number of nitrogens with zero attached hydrogens (tertiary/aromatic N) is 1. The van der Waals surface area contributed by atoms with Crippen LogP contribution in [0.5, 0.6) is 0 Å². The van der Waals surface area contributed by atoms with Gasteiger partial charge in [0.15, 0.2) is 0 Å². The fraction of sp³-hybridized carbons (Fsp3) is 0.600. The summed E-state index contributed by atoms with van der Waals surface area (Å²) >= 11 is 1.76. The zero-order chi connectivity index (χ0) is 10.1. The molecule has 14 heavy (non-hydrogen) atoms. The van der Waals surface area contributed by atoms with Crippen molar-refractivity contribution in [3.05, 3.63) is 15.6 Å². The SMILES string of the molecule is CC(C)c1nc2c(s1)CCNC(=O)C2. The molecule has 0 radical (unpaired) electrons. The molecule has 1 N–H and O–H groups in total. The van der Waals surface area contributed by atoms with Gasteiger partial charge in [-0.3, -0.25) is 4.79 Å². The molecule has 2 rings (SSSR count). The summed E-state index contributed by atoms with van der Waals surface area (Å²) < 4.78 is 0. The Morgan fingerprint density at radius 3 is 3.00 bits per heavy atom. The molecule has 1 aromatic rings. The van der Waals surface area contributed by atoms with Crippen LogP contribution in [-0.2, 0) is 17.6 Å². The minimum absolute atomic E-state index is 0.101. The lowest BCUT2D eigenvalue weighted by molar-refractivity contribution is -0.120. The van der Waals surface area contributed by atoms with Crippen LogP contribution in [0.15, 0.2) is 0 Å². The molecule has 0 aromatic carbocycles. The number of fused-ring (bicyclic) bond motifs is 1. The van der Waals surface area contributed by atoms with Gasteiger partial charge in [-0.2, -0.15) is 0 Å². The van der Waals surface area contributed by atoms with Gasteiger partial charge in [-0.05, 0) is 0 Å². The molecule has 1 amide bonds. The molecular formula is C10H14N2OS. The van der Waals surface area contributed by atoms with Crippen LogP contribution in [0.3, 0.4) is 0 Å². The highest BCUT2D eigenvalue weighted by Gasteiger charge is 2.18. The van der Waals surface area contributed by atoms with Crippen LogP contribution < -0.4 is 5.32 Å². The summed E-state index contributed by atoms with van der Waals surface area (Å²) in [5, 5.41) is 4.01. The van der Waals surface area contributed by atoms with Gasteiger partial charge < -0.3 is 5.32 Å². The molecule has 0 aliphatic carbocycles. The first-order valence-electron chi connectivity index (χ1n) is 4.92. The van der Waals surface area contributed by atoms with Crippen LogP contribution in [0.25, 0.3) is 0 Å². The summed E-state index contributed by atoms with van der Waals surface area (Å²) in [7, 11) is 0. The Morgan fingerprint density at radius 2 is 2.29 bits per heavy atom. The summed E-state index contributed by atoms with van der Waals surface area (Å²) in [6.07, 6.45) is 1.39. The zero-order valence-corrected chi connectivity index (χ0v) is 9.28. The molecule has 3 nitrogen and oxygen atoms in total. The van der Waals surface area contributed by atoms with Crippen molar-refractivity contribution in [1.29, 1.82) is 0 Å². The van der Waals surface area contributed by atoms with Gasteiger partial charge in [0.05, 0.1) is 17.1 Å². The Kier molecular flexibility index (Phi) is 2.54. The van der Waals surface area contributed by atoms with Crippen molar-refractivity contribution in [2.24, 2.45) is 0 Å². The molecule has 1 aromatic heterocycles. The highest BCUT2D eigenvalue weighted by Crippen LogP contribution is 2.26. The lowest BCUT2D eigenvalue weighted by Gasteiger charge is -1.98. The van der Waals surface area contributed by atoms with Crippen molar-refractivity contribution in [1.82, 2.24) is 10.3 Å². The first kappa shape index (κ1) is 9.65. The molecule has 1 aliphatic rings. The zero-order valence-electron chi connectivity index (χ0n) is 8.46. The number of rotatable bonds is 1. The molecule has 0 bridgehead atoms. The smallest absolute Gasteiger partial charge is 0.226 e. The van der Waals surface area contributed by atoms with Crippen LogP contribution in [0.1, 0.15) is 35.3 Å². The van der Waals surface area contributed by atoms with Crippen LogP contribution in [0.4, 0.5) is 0 Å². The van der Waals surface area contributed by atoms with Gasteiger partial charge in [-0.25, -0.2) is 4.98 Å². The number of nitrogens with one attached hydrogen (secondary N) is 1. The number of hydrogen-bond acceptors (Lipinski definition) is 3. The molecule has 4 heteroatoms. The molecule has 0 saturated heterocycles. The number of carbonyl (C=O) groups excluding carboxylic acids is 1. The highest BCUT2D eigenvalue weighted by atomic mass is 32.1. The Balaban J connectivity index is 2.31. The predicted molar refractivity (Wildman–Crippen MR) is 56.6 cm³/mol. The fourth-order valence-electron chi connectivity index (χ4n) is 1.51. The maximum atomic E-state index is 11.3. The second kappa shape index (κ2) is 3.69. The Bertz CT molecular complexity index is 357. The molecule has 2 heterocycles. The Hall–Kier alpha value is -0.900. The maximum Gasteiger partial charge on any atom is 0.226 e. The largest absolute Gasteiger partial charge is 0.355 e. The molecule has 76 valence electrons. The van der Waals surface area contributed by atoms with Crippen molar-refractivity contribution in [3.8, 4) is 0 Å². The van der Waals surface area contributed by atoms with Crippen LogP contribution >= 0.6 is 11.3 Å². The molecule has 0 spiro atoms. The summed E-state index contributed by atoms with van der Waals surface area (Å²) in [5.74, 6) is 0.569. The summed E-state index contributed by atoms with van der Waals surface area (Å²) in [6, 6.07) is 0. The van der Waals surface area contributed by atoms with Gasteiger partial charge in [0, 0.05) is 23.8 Å². The van der Waals surface area contributed by atoms with Crippen molar-refractivity contribution in [2.75, 3.05) is 6.54 Å². The van der Waals surface area contributed by atoms with Gasteiger partial charge in [0.2, 0.25) is 5.91 Å². The molecule has 0 fully saturated rings. The van der Waals surface area contributed by atoms with Crippen LogP contribution in [0.2, 0.25) is 0 Å². The number of carbonyl (C=O) groups is 1. The van der Waals surface area contributed by atoms with E-state index in [1.807, 2.05) is 0 Å². The average Bonchev–Trinajstić information content (AvgIpc) is 2.42. The second-order valence-electron chi connectivity index (χ2n) is 3.85. The number of aromatic nitrogens is 1. The van der Waals surface area contributed by atoms with Crippen molar-refractivity contribution in [3.63, 3.8) is 0 Å². The van der Waals surface area contributed by atoms with E-state index < -0.39 is 0 Å². The second-order valence-corrected chi connectivity index (χ2v) is 4.97. The summed E-state index contributed by atoms with van der Waals surface area (Å²) in [4.78, 5) is 17.1. The molecular weight excluding hydrogens is 196 g/mol. The Labute approximate surface area is 87.6 Å². The highest BCUT2D eigenvalue weighted by molar-refractivity contribution is 7.11. The van der Waals surface area contributed by atoms with E-state index in [-0.39, 0.29) is 5.91 Å². The van der Waals surface area contributed by atoms with E-state index in [0.29, 0.717) is 12.3 Å². The standard InChI is InChI=1S/C10H14N2OS/c1-6(2)10-12-7-5-9(13)11-4-3-8(7)14-10/h6H,3-5H2,1-2H3,(H,11,13). The summed E-state index contributed by atoms with van der Waals surface area (Å²) in [5.41, 5.74) is 0.994. The van der Waals surface area contributed by atoms with E-state index in [1.54, 1.807) is 11.3 Å². The molecule has 1 aliphatic heterocycles. The monoisotopic (exact) mass is 210 g/mol. The number of thiazole rings is 1. The first-order valence-corrected chi connectivity index (χ1v) is 5.73. The molecule has 0 atom stereocenters. The van der Waals surface area contributed by atoms with Gasteiger partial charge in [0.25, 0.3) is 0 Å². The quantitative estimate of drug-likeness (QED) is 0.763. The summed E-state index contributed by atoms with van der Waals surface area (Å²) in [6.45, 7) is 5.03. The third kappa shape index (κ3) is 1.80. The van der Waals surface area contributed by atoms with E-state index in [1.165, 1.54) is 4.88 Å². The van der Waals surface area contributed by atoms with E-state index >= 15 is 0 Å². The van der Waals surface area contributed by atoms with E-state index in [4.69, 9.17) is 0 Å². The van der Waals surface area contributed by atoms with Crippen LogP contribution in [-0.4, -0.2) is 17.4 Å². The van der Waals surface area contributed by atoms with Crippen molar-refractivity contribution < 1.29 is 4.79 Å². The van der Waals surface area contributed by atoms with Gasteiger partial charge >= 0.3 is 0 Å². The number of hydrogen-bond donors (Lipinski definition) is 1. The molecule has 0 unspecified atom stereocenters. The average molecular weight is 210 g/mol. The van der Waals surface area contributed by atoms with Gasteiger partial charge in [0.1, 0.15) is 0 Å². The van der Waals surface area contributed by atoms with Gasteiger partial charge in [-0.1, -0.05) is 13.8 Å². The van der Waals surface area contributed by atoms with Crippen molar-refractivity contribution in [2.45, 2.75) is 32.6 Å². The van der Waals surface area contributed by atoms with E-state index in [2.05, 4.69) is 24.1 Å². The minimum atomic E-state index is 0.101. The van der Waals surface area contributed by atoms with E-state index in [9.17, 15) is 4.79 Å². The normalized spacial score (nSPS) is 16.4. The topological polar surface area (TPSA) is 42.0 Å². The van der Waals surface area contributed by atoms with E-state index in [0.717, 1.165) is 23.7 Å². The van der Waals surface area contributed by atoms with Gasteiger partial charge in [-0.15, -0.1) is 11.3 Å². The lowest BCUT2D eigenvalue weighted by atomic mass is 10.2. The fourth-order valence-corrected chi connectivity index (χ4v) is 2.60. The molecule has 0 saturated carbocycles. The lowest BCUT2D eigenvalue weighted by Crippen LogP contribution is -2.24. The van der Waals surface area contributed by atoms with Crippen LogP contribution in [0, 0.1) is 0 Å². The minimum Gasteiger partial charge on any atom is -0.355 e. The number of amides is 1. The predicted octanol–water partition coefficient (Wildman–Crippen LogP) is 1.48. The third-order valence-electron chi connectivity index (χ3n) is 2.29. The first-order chi connectivity index (χ1) is 6.66. The maximum absolute atomic E-state index is 11.3.